The normalized spacial score (nSPS) is 17.4. The number of halogens is 1. The molecule has 0 radical (unpaired) electrons. The van der Waals surface area contributed by atoms with Crippen molar-refractivity contribution in [1.29, 1.82) is 0 Å². The molecule has 0 saturated heterocycles. The van der Waals surface area contributed by atoms with Crippen molar-refractivity contribution >= 4 is 29.3 Å². The van der Waals surface area contributed by atoms with Gasteiger partial charge in [-0.15, -0.1) is 0 Å². The van der Waals surface area contributed by atoms with E-state index in [0.717, 1.165) is 4.90 Å². The van der Waals surface area contributed by atoms with Crippen LogP contribution in [0.3, 0.4) is 0 Å². The first-order chi connectivity index (χ1) is 9.21. The van der Waals surface area contributed by atoms with E-state index in [2.05, 4.69) is 4.98 Å². The third kappa shape index (κ3) is 1.79. The second-order valence-electron chi connectivity index (χ2n) is 5.14. The smallest absolute Gasteiger partial charge is 0.281 e. The van der Waals surface area contributed by atoms with Gasteiger partial charge < -0.3 is 5.73 Å². The zero-order valence-electron chi connectivity index (χ0n) is 11.3. The fourth-order valence-electron chi connectivity index (χ4n) is 2.16. The van der Waals surface area contributed by atoms with E-state index in [1.807, 2.05) is 0 Å². The third-order valence-electron chi connectivity index (χ3n) is 3.79. The van der Waals surface area contributed by atoms with Crippen molar-refractivity contribution in [3.8, 4) is 0 Å². The second-order valence-corrected chi connectivity index (χ2v) is 5.53. The van der Waals surface area contributed by atoms with Crippen molar-refractivity contribution in [2.24, 2.45) is 11.7 Å². The molecular formula is C13H14ClN3O3. The number of nitrogens with zero attached hydrogens (tertiary/aromatic N) is 2. The summed E-state index contributed by atoms with van der Waals surface area (Å²) in [7, 11) is 0. The summed E-state index contributed by atoms with van der Waals surface area (Å²) in [5.74, 6) is -2.31. The molecule has 2 heterocycles. The Kier molecular flexibility index (Phi) is 3.29. The van der Waals surface area contributed by atoms with Gasteiger partial charge >= 0.3 is 0 Å². The largest absolute Gasteiger partial charge is 0.368 e. The number of nitrogens with two attached hydrogens (primary N) is 1. The zero-order chi connectivity index (χ0) is 15.2. The quantitative estimate of drug-likeness (QED) is 0.670. The number of hydrogen-bond acceptors (Lipinski definition) is 4. The fourth-order valence-corrected chi connectivity index (χ4v) is 2.31. The molecule has 0 aromatic carbocycles. The maximum atomic E-state index is 12.4. The van der Waals surface area contributed by atoms with Gasteiger partial charge in [-0.1, -0.05) is 25.4 Å². The van der Waals surface area contributed by atoms with E-state index >= 15 is 0 Å². The first-order valence-electron chi connectivity index (χ1n) is 6.06. The van der Waals surface area contributed by atoms with Gasteiger partial charge in [0.25, 0.3) is 11.8 Å². The van der Waals surface area contributed by atoms with Gasteiger partial charge in [-0.3, -0.25) is 19.3 Å². The molecule has 7 heteroatoms. The van der Waals surface area contributed by atoms with E-state index < -0.39 is 23.3 Å². The van der Waals surface area contributed by atoms with Crippen LogP contribution in [0.5, 0.6) is 0 Å². The number of primary amides is 1. The van der Waals surface area contributed by atoms with Gasteiger partial charge in [-0.25, -0.2) is 4.98 Å². The van der Waals surface area contributed by atoms with Crippen molar-refractivity contribution in [2.45, 2.75) is 26.3 Å². The summed E-state index contributed by atoms with van der Waals surface area (Å²) in [6, 6.07) is 2.85. The van der Waals surface area contributed by atoms with E-state index in [9.17, 15) is 14.4 Å². The lowest BCUT2D eigenvalue weighted by atomic mass is 9.86. The molecule has 1 aliphatic heterocycles. The average molecular weight is 296 g/mol. The second kappa shape index (κ2) is 4.56. The van der Waals surface area contributed by atoms with Crippen LogP contribution in [0.15, 0.2) is 12.1 Å². The Balaban J connectivity index is 2.60. The van der Waals surface area contributed by atoms with Crippen molar-refractivity contribution in [3.05, 3.63) is 28.5 Å². The van der Waals surface area contributed by atoms with Gasteiger partial charge in [0.1, 0.15) is 16.4 Å². The number of aromatic nitrogens is 1. The molecule has 1 atom stereocenters. The Morgan fingerprint density at radius 3 is 2.45 bits per heavy atom. The van der Waals surface area contributed by atoms with Crippen LogP contribution in [-0.2, 0) is 4.79 Å². The summed E-state index contributed by atoms with van der Waals surface area (Å²) in [5, 5.41) is 0.108. The minimum absolute atomic E-state index is 0.0457. The van der Waals surface area contributed by atoms with Gasteiger partial charge in [0.05, 0.1) is 5.56 Å². The van der Waals surface area contributed by atoms with Crippen molar-refractivity contribution < 1.29 is 14.4 Å². The molecule has 2 N–H and O–H groups in total. The van der Waals surface area contributed by atoms with Crippen LogP contribution in [0.4, 0.5) is 0 Å². The van der Waals surface area contributed by atoms with E-state index in [-0.39, 0.29) is 22.3 Å². The molecular weight excluding hydrogens is 282 g/mol. The molecule has 20 heavy (non-hydrogen) atoms. The number of fused-ring (bicyclic) bond motifs is 1. The standard InChI is InChI=1S/C13H14ClN3O3/c1-6(2)13(3,12(15)20)17-10(18)7-4-5-8(14)16-9(7)11(17)19/h4-6H,1-3H3,(H2,15,20). The van der Waals surface area contributed by atoms with E-state index in [0.29, 0.717) is 0 Å². The highest BCUT2D eigenvalue weighted by Gasteiger charge is 2.52. The van der Waals surface area contributed by atoms with Crippen molar-refractivity contribution in [1.82, 2.24) is 9.88 Å². The maximum Gasteiger partial charge on any atom is 0.281 e. The fraction of sp³-hybridized carbons (Fsp3) is 0.385. The number of carbonyl (C=O) groups excluding carboxylic acids is 3. The molecule has 6 nitrogen and oxygen atoms in total. The maximum absolute atomic E-state index is 12.4. The molecule has 1 aliphatic rings. The topological polar surface area (TPSA) is 93.4 Å². The van der Waals surface area contributed by atoms with Crippen LogP contribution in [0.2, 0.25) is 5.15 Å². The summed E-state index contributed by atoms with van der Waals surface area (Å²) in [6.45, 7) is 4.91. The molecule has 0 saturated carbocycles. The minimum Gasteiger partial charge on any atom is -0.368 e. The molecule has 0 spiro atoms. The lowest BCUT2D eigenvalue weighted by Crippen LogP contribution is -2.60. The number of amides is 3. The summed E-state index contributed by atoms with van der Waals surface area (Å²) in [4.78, 5) is 41.3. The first-order valence-corrected chi connectivity index (χ1v) is 6.44. The van der Waals surface area contributed by atoms with E-state index in [1.165, 1.54) is 19.1 Å². The molecule has 1 unspecified atom stereocenters. The molecule has 0 bridgehead atoms. The summed E-state index contributed by atoms with van der Waals surface area (Å²) in [6.07, 6.45) is 0. The number of imide groups is 1. The summed E-state index contributed by atoms with van der Waals surface area (Å²) < 4.78 is 0. The average Bonchev–Trinajstić information content (AvgIpc) is 2.60. The third-order valence-corrected chi connectivity index (χ3v) is 4.00. The number of rotatable bonds is 3. The van der Waals surface area contributed by atoms with Crippen LogP contribution in [0, 0.1) is 5.92 Å². The predicted octanol–water partition coefficient (Wildman–Crippen LogP) is 1.23. The first kappa shape index (κ1) is 14.5. The Bertz CT molecular complexity index is 629. The highest BCUT2D eigenvalue weighted by Crippen LogP contribution is 2.33. The molecule has 1 aromatic rings. The van der Waals surface area contributed by atoms with Crippen LogP contribution >= 0.6 is 11.6 Å². The van der Waals surface area contributed by atoms with Crippen LogP contribution in [-0.4, -0.2) is 33.1 Å². The number of carbonyl (C=O) groups is 3. The molecule has 0 fully saturated rings. The molecule has 106 valence electrons. The highest BCUT2D eigenvalue weighted by atomic mass is 35.5. The number of pyridine rings is 1. The van der Waals surface area contributed by atoms with Gasteiger partial charge in [-0.05, 0) is 25.0 Å². The van der Waals surface area contributed by atoms with Gasteiger partial charge in [0.15, 0.2) is 0 Å². The van der Waals surface area contributed by atoms with Crippen LogP contribution in [0.1, 0.15) is 41.6 Å². The molecule has 3 amide bonds. The van der Waals surface area contributed by atoms with Gasteiger partial charge in [0, 0.05) is 0 Å². The lowest BCUT2D eigenvalue weighted by Gasteiger charge is -2.37. The molecule has 0 aliphatic carbocycles. The van der Waals surface area contributed by atoms with Crippen molar-refractivity contribution in [2.75, 3.05) is 0 Å². The molecule has 2 rings (SSSR count). The number of hydrogen-bond donors (Lipinski definition) is 1. The highest BCUT2D eigenvalue weighted by molar-refractivity contribution is 6.30. The Hall–Kier alpha value is -1.95. The lowest BCUT2D eigenvalue weighted by molar-refractivity contribution is -0.129. The minimum atomic E-state index is -1.42. The monoisotopic (exact) mass is 295 g/mol. The van der Waals surface area contributed by atoms with Crippen LogP contribution < -0.4 is 5.73 Å². The SMILES string of the molecule is CC(C)C(C)(C(N)=O)N1C(=O)c2ccc(Cl)nc2C1=O. The summed E-state index contributed by atoms with van der Waals surface area (Å²) in [5.41, 5.74) is 4.08. The zero-order valence-corrected chi connectivity index (χ0v) is 12.1. The van der Waals surface area contributed by atoms with Gasteiger partial charge in [0.2, 0.25) is 5.91 Å². The molecule has 1 aromatic heterocycles. The Morgan fingerprint density at radius 1 is 1.35 bits per heavy atom. The van der Waals surface area contributed by atoms with E-state index in [1.54, 1.807) is 13.8 Å². The van der Waals surface area contributed by atoms with E-state index in [4.69, 9.17) is 17.3 Å². The Labute approximate surface area is 120 Å². The van der Waals surface area contributed by atoms with Crippen molar-refractivity contribution in [3.63, 3.8) is 0 Å². The predicted molar refractivity (Wildman–Crippen MR) is 72.2 cm³/mol. The summed E-state index contributed by atoms with van der Waals surface area (Å²) >= 11 is 5.74. The van der Waals surface area contributed by atoms with Crippen LogP contribution in [0.25, 0.3) is 0 Å². The van der Waals surface area contributed by atoms with Gasteiger partial charge in [-0.2, -0.15) is 0 Å². The Morgan fingerprint density at radius 2 is 1.95 bits per heavy atom.